The van der Waals surface area contributed by atoms with Gasteiger partial charge >= 0.3 is 17.9 Å². The fraction of sp³-hybridized carbons (Fsp3) is 0.500. The van der Waals surface area contributed by atoms with Crippen LogP contribution in [-0.2, 0) is 9.59 Å². The van der Waals surface area contributed by atoms with Crippen molar-refractivity contribution >= 4 is 11.9 Å². The first-order valence-electron chi connectivity index (χ1n) is 4.09. The molecule has 18 heavy (non-hydrogen) atoms. The van der Waals surface area contributed by atoms with E-state index in [0.717, 1.165) is 0 Å². The van der Waals surface area contributed by atoms with Crippen LogP contribution in [0.5, 0.6) is 0 Å². The molecule has 0 radical (unpaired) electrons. The molecule has 0 aromatic carbocycles. The van der Waals surface area contributed by atoms with Crippen LogP contribution < -0.4 is 0 Å². The largest absolute Gasteiger partial charge is 0.478 e. The Bertz CT molecular complexity index is 400. The van der Waals surface area contributed by atoms with Crippen LogP contribution in [0.2, 0.25) is 0 Å². The highest BCUT2D eigenvalue weighted by Crippen LogP contribution is 2.37. The zero-order valence-corrected chi connectivity index (χ0v) is 8.56. The van der Waals surface area contributed by atoms with Crippen LogP contribution in [0.4, 0.5) is 26.3 Å². The molecule has 0 heterocycles. The lowest BCUT2D eigenvalue weighted by Crippen LogP contribution is -2.39. The van der Waals surface area contributed by atoms with Gasteiger partial charge in [0.2, 0.25) is 5.67 Å². The molecular formula is C8H6F6O4. The van der Waals surface area contributed by atoms with E-state index in [1.807, 2.05) is 0 Å². The quantitative estimate of drug-likeness (QED) is 0.596. The first-order chi connectivity index (χ1) is 7.86. The monoisotopic (exact) mass is 280 g/mol. The van der Waals surface area contributed by atoms with Gasteiger partial charge < -0.3 is 10.2 Å². The number of rotatable bonds is 5. The van der Waals surface area contributed by atoms with Crippen LogP contribution in [0.1, 0.15) is 6.92 Å². The average Bonchev–Trinajstić information content (AvgIpc) is 2.15. The van der Waals surface area contributed by atoms with Crippen molar-refractivity contribution in [3.63, 3.8) is 0 Å². The molecule has 0 aliphatic rings. The van der Waals surface area contributed by atoms with Crippen LogP contribution in [0.3, 0.4) is 0 Å². The average molecular weight is 280 g/mol. The van der Waals surface area contributed by atoms with Crippen molar-refractivity contribution < 1.29 is 46.1 Å². The predicted molar refractivity (Wildman–Crippen MR) is 43.9 cm³/mol. The third-order valence-corrected chi connectivity index (χ3v) is 1.85. The van der Waals surface area contributed by atoms with Crippen LogP contribution in [0.15, 0.2) is 11.4 Å². The van der Waals surface area contributed by atoms with Crippen molar-refractivity contribution in [1.29, 1.82) is 0 Å². The predicted octanol–water partition coefficient (Wildman–Crippen LogP) is 2.01. The van der Waals surface area contributed by atoms with Crippen molar-refractivity contribution in [2.45, 2.75) is 24.9 Å². The smallest absolute Gasteiger partial charge is 0.379 e. The highest BCUT2D eigenvalue weighted by atomic mass is 19.3. The molecule has 104 valence electrons. The highest BCUT2D eigenvalue weighted by molar-refractivity contribution is 5.98. The molecule has 0 amide bonds. The van der Waals surface area contributed by atoms with Crippen molar-refractivity contribution in [1.82, 2.24) is 0 Å². The molecule has 4 nitrogen and oxygen atoms in total. The molecular weight excluding hydrogens is 274 g/mol. The SMILES string of the molecule is CC(F)(C(F)=C(C(=O)O)C(F)(F)C(=O)O)C(F)F. The summed E-state index contributed by atoms with van der Waals surface area (Å²) in [5.41, 5.74) is -7.22. The molecule has 0 saturated heterocycles. The molecule has 0 aliphatic carbocycles. The third kappa shape index (κ3) is 2.74. The topological polar surface area (TPSA) is 74.6 Å². The van der Waals surface area contributed by atoms with Gasteiger partial charge in [-0.15, -0.1) is 0 Å². The minimum atomic E-state index is -5.35. The van der Waals surface area contributed by atoms with Gasteiger partial charge in [0.1, 0.15) is 0 Å². The lowest BCUT2D eigenvalue weighted by Gasteiger charge is -2.21. The zero-order valence-electron chi connectivity index (χ0n) is 8.56. The Kier molecular flexibility index (Phi) is 4.39. The highest BCUT2D eigenvalue weighted by Gasteiger charge is 2.54. The Labute approximate surface area is 95.5 Å². The van der Waals surface area contributed by atoms with Crippen molar-refractivity contribution in [2.75, 3.05) is 0 Å². The van der Waals surface area contributed by atoms with E-state index in [4.69, 9.17) is 10.2 Å². The normalized spacial score (nSPS) is 17.1. The molecule has 10 heteroatoms. The molecule has 1 atom stereocenters. The van der Waals surface area contributed by atoms with Gasteiger partial charge in [0.05, 0.1) is 0 Å². The van der Waals surface area contributed by atoms with E-state index in [-0.39, 0.29) is 6.92 Å². The summed E-state index contributed by atoms with van der Waals surface area (Å²) in [6.45, 7) is -0.187. The van der Waals surface area contributed by atoms with E-state index in [9.17, 15) is 35.9 Å². The number of aliphatic carboxylic acids is 2. The number of carboxylic acid groups (broad SMARTS) is 2. The lowest BCUT2D eigenvalue weighted by molar-refractivity contribution is -0.163. The van der Waals surface area contributed by atoms with Crippen LogP contribution in [0.25, 0.3) is 0 Å². The first kappa shape index (κ1) is 16.3. The number of carbonyl (C=O) groups is 2. The number of alkyl halides is 5. The first-order valence-corrected chi connectivity index (χ1v) is 4.09. The molecule has 0 fully saturated rings. The van der Waals surface area contributed by atoms with Crippen LogP contribution in [0, 0.1) is 0 Å². The van der Waals surface area contributed by atoms with Gasteiger partial charge in [0, 0.05) is 0 Å². The molecule has 2 N–H and O–H groups in total. The Morgan fingerprint density at radius 1 is 1.11 bits per heavy atom. The van der Waals surface area contributed by atoms with Crippen LogP contribution >= 0.6 is 0 Å². The number of carboxylic acids is 2. The summed E-state index contributed by atoms with van der Waals surface area (Å²) >= 11 is 0. The van der Waals surface area contributed by atoms with Gasteiger partial charge in [-0.2, -0.15) is 8.78 Å². The molecule has 1 unspecified atom stereocenters. The molecule has 0 aromatic rings. The Morgan fingerprint density at radius 2 is 1.50 bits per heavy atom. The second-order valence-corrected chi connectivity index (χ2v) is 3.25. The summed E-state index contributed by atoms with van der Waals surface area (Å²) in [4.78, 5) is 20.4. The number of allylic oxidation sites excluding steroid dienone is 1. The maximum atomic E-state index is 13.1. The number of halogens is 6. The van der Waals surface area contributed by atoms with Gasteiger partial charge in [-0.05, 0) is 6.92 Å². The standard InChI is InChI=1S/C8H6F6O4/c1-7(12,5(10)11)3(9)2(4(15)16)8(13,14)6(17)18/h5H,1H3,(H,15,16)(H,17,18). The van der Waals surface area contributed by atoms with Crippen molar-refractivity contribution in [3.05, 3.63) is 11.4 Å². The summed E-state index contributed by atoms with van der Waals surface area (Å²) < 4.78 is 75.9. The molecule has 0 bridgehead atoms. The van der Waals surface area contributed by atoms with Crippen LogP contribution in [-0.4, -0.2) is 40.2 Å². The van der Waals surface area contributed by atoms with E-state index in [1.54, 1.807) is 0 Å². The van der Waals surface area contributed by atoms with Crippen molar-refractivity contribution in [2.24, 2.45) is 0 Å². The minimum Gasteiger partial charge on any atom is -0.478 e. The van der Waals surface area contributed by atoms with Gasteiger partial charge in [-0.1, -0.05) is 0 Å². The summed E-state index contributed by atoms with van der Waals surface area (Å²) in [5, 5.41) is 16.2. The number of hydrogen-bond donors (Lipinski definition) is 2. The Morgan fingerprint density at radius 3 is 1.72 bits per heavy atom. The Balaban J connectivity index is 6.07. The van der Waals surface area contributed by atoms with E-state index in [1.165, 1.54) is 0 Å². The van der Waals surface area contributed by atoms with Gasteiger partial charge in [-0.25, -0.2) is 27.2 Å². The molecule has 0 saturated carbocycles. The Hall–Kier alpha value is -1.74. The maximum Gasteiger partial charge on any atom is 0.379 e. The second kappa shape index (κ2) is 4.86. The lowest BCUT2D eigenvalue weighted by atomic mass is 9.99. The fourth-order valence-corrected chi connectivity index (χ4v) is 0.813. The molecule has 0 rings (SSSR count). The fourth-order valence-electron chi connectivity index (χ4n) is 0.813. The van der Waals surface area contributed by atoms with E-state index in [2.05, 4.69) is 0 Å². The zero-order chi connectivity index (χ0) is 14.9. The summed E-state index contributed by atoms with van der Waals surface area (Å²) in [7, 11) is 0. The molecule has 0 aliphatic heterocycles. The molecule has 0 spiro atoms. The molecule has 0 aromatic heterocycles. The minimum absolute atomic E-state index is 0.187. The maximum absolute atomic E-state index is 13.1. The summed E-state index contributed by atoms with van der Waals surface area (Å²) in [6, 6.07) is 0. The summed E-state index contributed by atoms with van der Waals surface area (Å²) in [6.07, 6.45) is -4.16. The van der Waals surface area contributed by atoms with Gasteiger partial charge in [-0.3, -0.25) is 0 Å². The van der Waals surface area contributed by atoms with E-state index in [0.29, 0.717) is 0 Å². The second-order valence-electron chi connectivity index (χ2n) is 3.25. The summed E-state index contributed by atoms with van der Waals surface area (Å²) in [5.74, 6) is -14.4. The van der Waals surface area contributed by atoms with Gasteiger partial charge in [0.25, 0.3) is 6.43 Å². The van der Waals surface area contributed by atoms with Gasteiger partial charge in [0.15, 0.2) is 11.4 Å². The van der Waals surface area contributed by atoms with E-state index < -0.39 is 41.4 Å². The van der Waals surface area contributed by atoms with Crippen molar-refractivity contribution in [3.8, 4) is 0 Å². The van der Waals surface area contributed by atoms with E-state index >= 15 is 0 Å². The number of hydrogen-bond acceptors (Lipinski definition) is 2. The third-order valence-electron chi connectivity index (χ3n) is 1.85.